The van der Waals surface area contributed by atoms with E-state index < -0.39 is 0 Å². The lowest BCUT2D eigenvalue weighted by Gasteiger charge is -2.31. The van der Waals surface area contributed by atoms with E-state index in [0.29, 0.717) is 24.7 Å². The summed E-state index contributed by atoms with van der Waals surface area (Å²) in [5.74, 6) is -0.335. The molecule has 0 saturated carbocycles. The van der Waals surface area contributed by atoms with Crippen LogP contribution in [0.1, 0.15) is 47.7 Å². The van der Waals surface area contributed by atoms with Crippen LogP contribution in [0.4, 0.5) is 10.1 Å². The standard InChI is InChI=1S/C25H30FN3O/c1-18-3-2-12-29(18)24-11-14-27(17-24)23-9-6-21-16-28(13-10-20(21)15-23)25(30)19-4-7-22(26)8-5-19/h4-9,15,18,24H,2-3,10-14,16-17H2,1H3. The van der Waals surface area contributed by atoms with Gasteiger partial charge in [-0.1, -0.05) is 6.07 Å². The van der Waals surface area contributed by atoms with Crippen molar-refractivity contribution in [3.63, 3.8) is 0 Å². The first-order chi connectivity index (χ1) is 14.6. The number of hydrogen-bond acceptors (Lipinski definition) is 3. The molecule has 2 atom stereocenters. The van der Waals surface area contributed by atoms with Crippen LogP contribution in [-0.2, 0) is 13.0 Å². The van der Waals surface area contributed by atoms with E-state index in [1.54, 1.807) is 12.1 Å². The minimum atomic E-state index is -0.314. The first-order valence-corrected chi connectivity index (χ1v) is 11.3. The SMILES string of the molecule is CC1CCCN1C1CCN(c2ccc3c(c2)CCN(C(=O)c2ccc(F)cc2)C3)C1. The molecule has 0 aliphatic carbocycles. The molecule has 2 saturated heterocycles. The Morgan fingerprint density at radius 2 is 1.83 bits per heavy atom. The fourth-order valence-electron chi connectivity index (χ4n) is 5.43. The van der Waals surface area contributed by atoms with Crippen LogP contribution in [-0.4, -0.2) is 54.0 Å². The number of rotatable bonds is 3. The first-order valence-electron chi connectivity index (χ1n) is 11.3. The van der Waals surface area contributed by atoms with Gasteiger partial charge in [0.2, 0.25) is 0 Å². The number of halogens is 1. The van der Waals surface area contributed by atoms with Crippen molar-refractivity contribution in [1.82, 2.24) is 9.80 Å². The summed E-state index contributed by atoms with van der Waals surface area (Å²) < 4.78 is 13.2. The van der Waals surface area contributed by atoms with E-state index in [4.69, 9.17) is 0 Å². The van der Waals surface area contributed by atoms with Crippen LogP contribution in [0.15, 0.2) is 42.5 Å². The zero-order valence-electron chi connectivity index (χ0n) is 17.7. The van der Waals surface area contributed by atoms with E-state index in [1.165, 1.54) is 54.8 Å². The fourth-order valence-corrected chi connectivity index (χ4v) is 5.43. The molecule has 0 spiro atoms. The van der Waals surface area contributed by atoms with Crippen LogP contribution in [0.3, 0.4) is 0 Å². The van der Waals surface area contributed by atoms with Crippen LogP contribution in [0.2, 0.25) is 0 Å². The van der Waals surface area contributed by atoms with E-state index >= 15 is 0 Å². The van der Waals surface area contributed by atoms with Gasteiger partial charge in [-0.3, -0.25) is 9.69 Å². The van der Waals surface area contributed by atoms with Gasteiger partial charge in [-0.2, -0.15) is 0 Å². The molecule has 2 unspecified atom stereocenters. The van der Waals surface area contributed by atoms with Gasteiger partial charge in [0.25, 0.3) is 5.91 Å². The summed E-state index contributed by atoms with van der Waals surface area (Å²) in [6.45, 7) is 7.20. The van der Waals surface area contributed by atoms with Gasteiger partial charge in [0, 0.05) is 49.5 Å². The van der Waals surface area contributed by atoms with E-state index in [1.807, 2.05) is 4.90 Å². The van der Waals surface area contributed by atoms with Gasteiger partial charge >= 0.3 is 0 Å². The molecule has 2 fully saturated rings. The van der Waals surface area contributed by atoms with E-state index in [2.05, 4.69) is 34.9 Å². The molecule has 30 heavy (non-hydrogen) atoms. The van der Waals surface area contributed by atoms with Gasteiger partial charge in [-0.05, 0) is 86.7 Å². The third kappa shape index (κ3) is 3.71. The Hall–Kier alpha value is -2.40. The molecule has 1 amide bonds. The van der Waals surface area contributed by atoms with Crippen LogP contribution in [0.25, 0.3) is 0 Å². The van der Waals surface area contributed by atoms with Crippen molar-refractivity contribution in [2.24, 2.45) is 0 Å². The van der Waals surface area contributed by atoms with Gasteiger partial charge in [0.1, 0.15) is 5.82 Å². The average molecular weight is 408 g/mol. The summed E-state index contributed by atoms with van der Waals surface area (Å²) in [7, 11) is 0. The molecule has 4 nitrogen and oxygen atoms in total. The predicted molar refractivity (Wildman–Crippen MR) is 117 cm³/mol. The first kappa shape index (κ1) is 19.6. The molecule has 3 heterocycles. The summed E-state index contributed by atoms with van der Waals surface area (Å²) >= 11 is 0. The topological polar surface area (TPSA) is 26.8 Å². The molecule has 3 aliphatic heterocycles. The Kier molecular flexibility index (Phi) is 5.23. The molecule has 0 aromatic heterocycles. The highest BCUT2D eigenvalue weighted by atomic mass is 19.1. The number of nitrogens with zero attached hydrogens (tertiary/aromatic N) is 3. The summed E-state index contributed by atoms with van der Waals surface area (Å²) in [6, 6.07) is 14.0. The molecule has 158 valence electrons. The van der Waals surface area contributed by atoms with Crippen molar-refractivity contribution in [1.29, 1.82) is 0 Å². The zero-order valence-corrected chi connectivity index (χ0v) is 17.7. The number of carbonyl (C=O) groups excluding carboxylic acids is 1. The van der Waals surface area contributed by atoms with E-state index in [0.717, 1.165) is 25.6 Å². The number of anilines is 1. The Morgan fingerprint density at radius 1 is 1.00 bits per heavy atom. The van der Waals surface area contributed by atoms with Crippen LogP contribution >= 0.6 is 0 Å². The van der Waals surface area contributed by atoms with Gasteiger partial charge in [0.05, 0.1) is 0 Å². The molecular formula is C25H30FN3O. The zero-order chi connectivity index (χ0) is 20.7. The minimum absolute atomic E-state index is 0.0214. The normalized spacial score (nSPS) is 24.3. The van der Waals surface area contributed by atoms with Crippen molar-refractivity contribution in [2.75, 3.05) is 31.1 Å². The van der Waals surface area contributed by atoms with Gasteiger partial charge < -0.3 is 9.80 Å². The minimum Gasteiger partial charge on any atom is -0.370 e. The number of fused-ring (bicyclic) bond motifs is 1. The second-order valence-electron chi connectivity index (χ2n) is 9.05. The molecule has 5 heteroatoms. The molecular weight excluding hydrogens is 377 g/mol. The van der Waals surface area contributed by atoms with Crippen molar-refractivity contribution >= 4 is 11.6 Å². The van der Waals surface area contributed by atoms with Gasteiger partial charge in [-0.25, -0.2) is 4.39 Å². The van der Waals surface area contributed by atoms with Crippen molar-refractivity contribution < 1.29 is 9.18 Å². The number of hydrogen-bond donors (Lipinski definition) is 0. The Bertz CT molecular complexity index is 928. The van der Waals surface area contributed by atoms with E-state index in [-0.39, 0.29) is 11.7 Å². The highest BCUT2D eigenvalue weighted by Gasteiger charge is 2.33. The lowest BCUT2D eigenvalue weighted by atomic mass is 9.98. The second-order valence-corrected chi connectivity index (χ2v) is 9.05. The summed E-state index contributed by atoms with van der Waals surface area (Å²) in [4.78, 5) is 19.9. The average Bonchev–Trinajstić information content (AvgIpc) is 3.42. The highest BCUT2D eigenvalue weighted by Crippen LogP contribution is 2.31. The number of benzene rings is 2. The Labute approximate surface area is 178 Å². The van der Waals surface area contributed by atoms with Gasteiger partial charge in [0.15, 0.2) is 0 Å². The quantitative estimate of drug-likeness (QED) is 0.767. The lowest BCUT2D eigenvalue weighted by molar-refractivity contribution is 0.0734. The maximum Gasteiger partial charge on any atom is 0.254 e. The third-order valence-corrected chi connectivity index (χ3v) is 7.18. The number of carbonyl (C=O) groups is 1. The summed E-state index contributed by atoms with van der Waals surface area (Å²) in [5.41, 5.74) is 4.45. The van der Waals surface area contributed by atoms with Crippen LogP contribution in [0, 0.1) is 5.82 Å². The Balaban J connectivity index is 1.26. The fraction of sp³-hybridized carbons (Fsp3) is 0.480. The van der Waals surface area contributed by atoms with Crippen molar-refractivity contribution in [3.05, 3.63) is 65.0 Å². The highest BCUT2D eigenvalue weighted by molar-refractivity contribution is 5.94. The molecule has 0 N–H and O–H groups in total. The molecule has 5 rings (SSSR count). The van der Waals surface area contributed by atoms with Crippen molar-refractivity contribution in [3.8, 4) is 0 Å². The monoisotopic (exact) mass is 407 g/mol. The van der Waals surface area contributed by atoms with Crippen molar-refractivity contribution in [2.45, 2.75) is 51.2 Å². The third-order valence-electron chi connectivity index (χ3n) is 7.18. The molecule has 0 bridgehead atoms. The largest absolute Gasteiger partial charge is 0.370 e. The Morgan fingerprint density at radius 3 is 2.60 bits per heavy atom. The molecule has 0 radical (unpaired) electrons. The van der Waals surface area contributed by atoms with E-state index in [9.17, 15) is 9.18 Å². The van der Waals surface area contributed by atoms with Crippen LogP contribution in [0.5, 0.6) is 0 Å². The lowest BCUT2D eigenvalue weighted by Crippen LogP contribution is -2.39. The molecule has 3 aliphatic rings. The second kappa shape index (κ2) is 8.03. The summed E-state index contributed by atoms with van der Waals surface area (Å²) in [6.07, 6.45) is 4.80. The molecule has 2 aromatic rings. The predicted octanol–water partition coefficient (Wildman–Crippen LogP) is 4.09. The maximum atomic E-state index is 13.2. The van der Waals surface area contributed by atoms with Crippen LogP contribution < -0.4 is 4.90 Å². The number of likely N-dealkylation sites (tertiary alicyclic amines) is 1. The maximum absolute atomic E-state index is 13.2. The molecule has 2 aromatic carbocycles. The smallest absolute Gasteiger partial charge is 0.254 e. The summed E-state index contributed by atoms with van der Waals surface area (Å²) in [5, 5.41) is 0. The number of amides is 1. The van der Waals surface area contributed by atoms with Gasteiger partial charge in [-0.15, -0.1) is 0 Å².